The van der Waals surface area contributed by atoms with Gasteiger partial charge in [0.1, 0.15) is 10.8 Å². The Kier molecular flexibility index (Phi) is 4.36. The summed E-state index contributed by atoms with van der Waals surface area (Å²) in [6, 6.07) is 7.40. The van der Waals surface area contributed by atoms with Crippen LogP contribution in [0.4, 0.5) is 0 Å². The Hall–Kier alpha value is -2.51. The van der Waals surface area contributed by atoms with E-state index in [-0.39, 0.29) is 5.41 Å². The molecule has 0 bridgehead atoms. The lowest BCUT2D eigenvalue weighted by Crippen LogP contribution is -2.18. The molecule has 1 aromatic carbocycles. The molecule has 0 spiro atoms. The van der Waals surface area contributed by atoms with Gasteiger partial charge >= 0.3 is 0 Å². The highest BCUT2D eigenvalue weighted by atomic mass is 32.1. The number of hydrogen-bond donors (Lipinski definition) is 3. The average molecular weight is 382 g/mol. The van der Waals surface area contributed by atoms with E-state index in [1.807, 2.05) is 19.1 Å². The summed E-state index contributed by atoms with van der Waals surface area (Å²) in [7, 11) is 0. The molecule has 1 fully saturated rings. The largest absolute Gasteiger partial charge is 0.341 e. The molecule has 3 aromatic rings. The maximum absolute atomic E-state index is 11.5. The van der Waals surface area contributed by atoms with Gasteiger partial charge in [-0.3, -0.25) is 10.0 Å². The second-order valence-electron chi connectivity index (χ2n) is 7.38. The molecule has 0 atom stereocenters. The Morgan fingerprint density at radius 2 is 1.96 bits per heavy atom. The standard InChI is InChI=1S/C20H22N4O2S/c1-11(2)16-17(22-12(3)21-16)15-10-27-19(23-15)20(8-9-20)14-6-4-13(5-7-14)18(25)24-26/h4-7,10-11,26H,8-9H2,1-3H3,(H,21,22)(H,24,25). The number of aromatic amines is 1. The Morgan fingerprint density at radius 3 is 2.56 bits per heavy atom. The van der Waals surface area contributed by atoms with Crippen molar-refractivity contribution in [3.63, 3.8) is 0 Å². The third-order valence-corrected chi connectivity index (χ3v) is 6.16. The van der Waals surface area contributed by atoms with Crippen molar-refractivity contribution in [2.45, 2.75) is 44.9 Å². The normalized spacial score (nSPS) is 15.1. The number of hydroxylamine groups is 1. The van der Waals surface area contributed by atoms with E-state index in [4.69, 9.17) is 10.2 Å². The molecule has 0 radical (unpaired) electrons. The van der Waals surface area contributed by atoms with E-state index in [0.717, 1.165) is 46.3 Å². The van der Waals surface area contributed by atoms with Gasteiger partial charge in [0.25, 0.3) is 5.91 Å². The number of aryl methyl sites for hydroxylation is 1. The lowest BCUT2D eigenvalue weighted by atomic mass is 9.95. The van der Waals surface area contributed by atoms with Crippen molar-refractivity contribution in [2.75, 3.05) is 0 Å². The monoisotopic (exact) mass is 382 g/mol. The van der Waals surface area contributed by atoms with Gasteiger partial charge in [0.15, 0.2) is 0 Å². The molecular weight excluding hydrogens is 360 g/mol. The quantitative estimate of drug-likeness (QED) is 0.456. The first-order valence-corrected chi connectivity index (χ1v) is 9.90. The summed E-state index contributed by atoms with van der Waals surface area (Å²) < 4.78 is 0. The molecule has 1 aliphatic rings. The Bertz CT molecular complexity index is 984. The van der Waals surface area contributed by atoms with Gasteiger partial charge in [-0.2, -0.15) is 0 Å². The zero-order valence-corrected chi connectivity index (χ0v) is 16.4. The van der Waals surface area contributed by atoms with Crippen LogP contribution in [0.25, 0.3) is 11.4 Å². The molecular formula is C20H22N4O2S. The van der Waals surface area contributed by atoms with E-state index in [1.165, 1.54) is 0 Å². The van der Waals surface area contributed by atoms with Crippen molar-refractivity contribution < 1.29 is 10.0 Å². The summed E-state index contributed by atoms with van der Waals surface area (Å²) in [5, 5.41) is 12.0. The molecule has 4 rings (SSSR count). The molecule has 0 unspecified atom stereocenters. The lowest BCUT2D eigenvalue weighted by Gasteiger charge is -2.13. The minimum Gasteiger partial charge on any atom is -0.341 e. The van der Waals surface area contributed by atoms with Crippen LogP contribution >= 0.6 is 11.3 Å². The van der Waals surface area contributed by atoms with E-state index >= 15 is 0 Å². The predicted octanol–water partition coefficient (Wildman–Crippen LogP) is 4.16. The van der Waals surface area contributed by atoms with Crippen LogP contribution in [0.15, 0.2) is 29.6 Å². The number of amides is 1. The van der Waals surface area contributed by atoms with Crippen molar-refractivity contribution in [3.05, 3.63) is 57.3 Å². The van der Waals surface area contributed by atoms with E-state index < -0.39 is 5.91 Å². The number of imidazole rings is 1. The molecule has 3 N–H and O–H groups in total. The molecule has 2 aromatic heterocycles. The predicted molar refractivity (Wildman–Crippen MR) is 104 cm³/mol. The lowest BCUT2D eigenvalue weighted by molar-refractivity contribution is 0.0706. The third-order valence-electron chi connectivity index (χ3n) is 5.12. The number of hydrogen-bond acceptors (Lipinski definition) is 5. The van der Waals surface area contributed by atoms with Crippen molar-refractivity contribution >= 4 is 17.2 Å². The molecule has 1 saturated carbocycles. The summed E-state index contributed by atoms with van der Waals surface area (Å²) in [4.78, 5) is 24.5. The number of carbonyl (C=O) groups is 1. The number of benzene rings is 1. The van der Waals surface area contributed by atoms with Crippen molar-refractivity contribution in [3.8, 4) is 11.4 Å². The smallest absolute Gasteiger partial charge is 0.274 e. The fourth-order valence-corrected chi connectivity index (χ4v) is 4.58. The van der Waals surface area contributed by atoms with Crippen LogP contribution in [0.3, 0.4) is 0 Å². The second kappa shape index (κ2) is 6.58. The van der Waals surface area contributed by atoms with Crippen LogP contribution < -0.4 is 5.48 Å². The number of nitrogens with zero attached hydrogens (tertiary/aromatic N) is 2. The SMILES string of the molecule is Cc1nc(C(C)C)c(-c2csc(C3(c4ccc(C(=O)NO)cc4)CC3)n2)[nH]1. The first-order valence-electron chi connectivity index (χ1n) is 9.02. The van der Waals surface area contributed by atoms with E-state index in [9.17, 15) is 4.79 Å². The minimum atomic E-state index is -0.501. The molecule has 1 amide bonds. The maximum Gasteiger partial charge on any atom is 0.274 e. The molecule has 0 aliphatic heterocycles. The van der Waals surface area contributed by atoms with Gasteiger partial charge in [-0.05, 0) is 43.4 Å². The summed E-state index contributed by atoms with van der Waals surface area (Å²) in [6.07, 6.45) is 2.09. The highest BCUT2D eigenvalue weighted by molar-refractivity contribution is 7.10. The van der Waals surface area contributed by atoms with Crippen LogP contribution in [0.5, 0.6) is 0 Å². The van der Waals surface area contributed by atoms with Crippen LogP contribution in [0.1, 0.15) is 65.1 Å². The van der Waals surface area contributed by atoms with Crippen molar-refractivity contribution in [1.29, 1.82) is 0 Å². The third kappa shape index (κ3) is 3.07. The van der Waals surface area contributed by atoms with E-state index in [2.05, 4.69) is 29.2 Å². The number of carbonyl (C=O) groups excluding carboxylic acids is 1. The summed E-state index contributed by atoms with van der Waals surface area (Å²) >= 11 is 1.68. The van der Waals surface area contributed by atoms with Crippen LogP contribution in [0.2, 0.25) is 0 Å². The van der Waals surface area contributed by atoms with Gasteiger partial charge < -0.3 is 4.98 Å². The number of H-pyrrole nitrogens is 1. The van der Waals surface area contributed by atoms with Gasteiger partial charge in [0, 0.05) is 16.4 Å². The fourth-order valence-electron chi connectivity index (χ4n) is 3.49. The fraction of sp³-hybridized carbons (Fsp3) is 0.350. The molecule has 6 nitrogen and oxygen atoms in total. The second-order valence-corrected chi connectivity index (χ2v) is 8.23. The van der Waals surface area contributed by atoms with Crippen LogP contribution in [-0.4, -0.2) is 26.1 Å². The number of thiazole rings is 1. The number of rotatable bonds is 5. The minimum absolute atomic E-state index is 0.0653. The molecule has 140 valence electrons. The van der Waals surface area contributed by atoms with E-state index in [0.29, 0.717) is 11.5 Å². The van der Waals surface area contributed by atoms with Gasteiger partial charge in [0.2, 0.25) is 0 Å². The molecule has 27 heavy (non-hydrogen) atoms. The summed E-state index contributed by atoms with van der Waals surface area (Å²) in [5.41, 5.74) is 6.20. The highest BCUT2D eigenvalue weighted by Crippen LogP contribution is 2.54. The summed E-state index contributed by atoms with van der Waals surface area (Å²) in [6.45, 7) is 6.24. The zero-order valence-electron chi connectivity index (χ0n) is 15.5. The molecule has 1 aliphatic carbocycles. The van der Waals surface area contributed by atoms with Gasteiger partial charge in [-0.25, -0.2) is 15.4 Å². The molecule has 7 heteroatoms. The van der Waals surface area contributed by atoms with Gasteiger partial charge in [-0.1, -0.05) is 26.0 Å². The first-order chi connectivity index (χ1) is 12.9. The Morgan fingerprint density at radius 1 is 1.26 bits per heavy atom. The average Bonchev–Trinajstić information content (AvgIpc) is 3.14. The van der Waals surface area contributed by atoms with Gasteiger partial charge in [-0.15, -0.1) is 11.3 Å². The van der Waals surface area contributed by atoms with Crippen LogP contribution in [0, 0.1) is 6.92 Å². The van der Waals surface area contributed by atoms with Crippen molar-refractivity contribution in [2.24, 2.45) is 0 Å². The number of nitrogens with one attached hydrogen (secondary N) is 2. The highest BCUT2D eigenvalue weighted by Gasteiger charge is 2.48. The van der Waals surface area contributed by atoms with Crippen molar-refractivity contribution in [1.82, 2.24) is 20.4 Å². The van der Waals surface area contributed by atoms with Crippen LogP contribution in [-0.2, 0) is 5.41 Å². The number of aromatic nitrogens is 3. The van der Waals surface area contributed by atoms with Gasteiger partial charge in [0.05, 0.1) is 17.1 Å². The Balaban J connectivity index is 1.66. The summed E-state index contributed by atoms with van der Waals surface area (Å²) in [5.74, 6) is 0.732. The van der Waals surface area contributed by atoms with E-state index in [1.54, 1.807) is 28.9 Å². The molecule has 2 heterocycles. The Labute approximate surface area is 161 Å². The first kappa shape index (κ1) is 17.9. The maximum atomic E-state index is 11.5. The zero-order chi connectivity index (χ0) is 19.2. The molecule has 0 saturated heterocycles. The topological polar surface area (TPSA) is 90.9 Å².